The molecule has 0 atom stereocenters. The highest BCUT2D eigenvalue weighted by molar-refractivity contribution is 5.83. The zero-order valence-electron chi connectivity index (χ0n) is 13.9. The summed E-state index contributed by atoms with van der Waals surface area (Å²) in [6.07, 6.45) is 3.51. The fourth-order valence-corrected chi connectivity index (χ4v) is 2.70. The first kappa shape index (κ1) is 16.1. The highest BCUT2D eigenvalue weighted by Crippen LogP contribution is 2.21. The second-order valence-corrected chi connectivity index (χ2v) is 6.55. The van der Waals surface area contributed by atoms with Gasteiger partial charge in [0.05, 0.1) is 0 Å². The Morgan fingerprint density at radius 1 is 1.19 bits per heavy atom. The van der Waals surface area contributed by atoms with E-state index in [0.29, 0.717) is 5.92 Å². The molecule has 2 aromatic rings. The molecular weight excluding hydrogens is 258 g/mol. The highest BCUT2D eigenvalue weighted by atomic mass is 15.1. The van der Waals surface area contributed by atoms with E-state index in [-0.39, 0.29) is 0 Å². The van der Waals surface area contributed by atoms with Crippen LogP contribution in [0.1, 0.15) is 25.8 Å². The third-order valence-electron chi connectivity index (χ3n) is 3.74. The molecular formula is C18H29N3. The molecule has 1 heterocycles. The second kappa shape index (κ2) is 7.62. The monoisotopic (exact) mass is 287 g/mol. The zero-order chi connectivity index (χ0) is 15.2. The maximum absolute atomic E-state index is 3.56. The van der Waals surface area contributed by atoms with Crippen LogP contribution in [0.3, 0.4) is 0 Å². The van der Waals surface area contributed by atoms with Gasteiger partial charge in [-0.25, -0.2) is 0 Å². The summed E-state index contributed by atoms with van der Waals surface area (Å²) in [4.78, 5) is 2.25. The topological polar surface area (TPSA) is 20.2 Å². The average molecular weight is 287 g/mol. The van der Waals surface area contributed by atoms with Gasteiger partial charge in [0.1, 0.15) is 0 Å². The lowest BCUT2D eigenvalue weighted by Crippen LogP contribution is -2.18. The SMILES string of the molecule is CC(C)CNCc1cn(CCCN(C)C)c2ccccc12. The molecule has 0 amide bonds. The number of rotatable bonds is 8. The number of nitrogens with one attached hydrogen (secondary N) is 1. The predicted molar refractivity (Wildman–Crippen MR) is 91.7 cm³/mol. The fourth-order valence-electron chi connectivity index (χ4n) is 2.70. The van der Waals surface area contributed by atoms with Gasteiger partial charge in [-0.15, -0.1) is 0 Å². The molecule has 0 aliphatic heterocycles. The lowest BCUT2D eigenvalue weighted by atomic mass is 10.1. The van der Waals surface area contributed by atoms with Crippen LogP contribution in [0.4, 0.5) is 0 Å². The number of hydrogen-bond acceptors (Lipinski definition) is 2. The lowest BCUT2D eigenvalue weighted by Gasteiger charge is -2.10. The molecule has 0 saturated heterocycles. The van der Waals surface area contributed by atoms with E-state index in [4.69, 9.17) is 0 Å². The van der Waals surface area contributed by atoms with E-state index in [2.05, 4.69) is 73.2 Å². The van der Waals surface area contributed by atoms with Gasteiger partial charge < -0.3 is 14.8 Å². The van der Waals surface area contributed by atoms with Crippen LogP contribution in [-0.4, -0.2) is 36.7 Å². The summed E-state index contributed by atoms with van der Waals surface area (Å²) < 4.78 is 2.41. The summed E-state index contributed by atoms with van der Waals surface area (Å²) in [6, 6.07) is 8.75. The number of aryl methyl sites for hydroxylation is 1. The molecule has 0 spiro atoms. The first-order valence-corrected chi connectivity index (χ1v) is 8.00. The van der Waals surface area contributed by atoms with Gasteiger partial charge in [0, 0.05) is 30.2 Å². The van der Waals surface area contributed by atoms with E-state index in [9.17, 15) is 0 Å². The average Bonchev–Trinajstić information content (AvgIpc) is 2.77. The van der Waals surface area contributed by atoms with E-state index >= 15 is 0 Å². The summed E-state index contributed by atoms with van der Waals surface area (Å²) >= 11 is 0. The summed E-state index contributed by atoms with van der Waals surface area (Å²) in [5.41, 5.74) is 2.77. The van der Waals surface area contributed by atoms with E-state index in [1.807, 2.05) is 0 Å². The molecule has 21 heavy (non-hydrogen) atoms. The normalized spacial score (nSPS) is 11.9. The Labute approximate surface area is 128 Å². The Hall–Kier alpha value is -1.32. The zero-order valence-corrected chi connectivity index (χ0v) is 13.9. The van der Waals surface area contributed by atoms with E-state index in [0.717, 1.165) is 26.2 Å². The molecule has 3 heteroatoms. The van der Waals surface area contributed by atoms with Crippen LogP contribution in [0.15, 0.2) is 30.5 Å². The molecule has 116 valence electrons. The molecule has 0 aliphatic carbocycles. The van der Waals surface area contributed by atoms with Crippen LogP contribution in [0.5, 0.6) is 0 Å². The number of fused-ring (bicyclic) bond motifs is 1. The highest BCUT2D eigenvalue weighted by Gasteiger charge is 2.08. The molecule has 0 radical (unpaired) electrons. The van der Waals surface area contributed by atoms with Crippen molar-refractivity contribution in [3.63, 3.8) is 0 Å². The summed E-state index contributed by atoms with van der Waals surface area (Å²) in [5.74, 6) is 0.693. The van der Waals surface area contributed by atoms with E-state index in [1.54, 1.807) is 0 Å². The molecule has 0 saturated carbocycles. The maximum Gasteiger partial charge on any atom is 0.0483 e. The van der Waals surface area contributed by atoms with Crippen LogP contribution in [0.25, 0.3) is 10.9 Å². The number of para-hydroxylation sites is 1. The van der Waals surface area contributed by atoms with Crippen molar-refractivity contribution < 1.29 is 0 Å². The Morgan fingerprint density at radius 3 is 2.67 bits per heavy atom. The summed E-state index contributed by atoms with van der Waals surface area (Å²) in [7, 11) is 4.27. The van der Waals surface area contributed by atoms with Gasteiger partial charge in [-0.05, 0) is 51.2 Å². The molecule has 0 aliphatic rings. The minimum absolute atomic E-state index is 0.693. The Kier molecular flexibility index (Phi) is 5.83. The van der Waals surface area contributed by atoms with Gasteiger partial charge in [-0.1, -0.05) is 32.0 Å². The standard InChI is InChI=1S/C18H29N3/c1-15(2)12-19-13-16-14-21(11-7-10-20(3)4)18-9-6-5-8-17(16)18/h5-6,8-9,14-15,19H,7,10-13H2,1-4H3. The Morgan fingerprint density at radius 2 is 1.95 bits per heavy atom. The predicted octanol–water partition coefficient (Wildman–Crippen LogP) is 3.34. The van der Waals surface area contributed by atoms with Gasteiger partial charge in [0.25, 0.3) is 0 Å². The smallest absolute Gasteiger partial charge is 0.0483 e. The molecule has 0 unspecified atom stereocenters. The van der Waals surface area contributed by atoms with Crippen LogP contribution in [-0.2, 0) is 13.1 Å². The van der Waals surface area contributed by atoms with Crippen molar-refractivity contribution in [2.45, 2.75) is 33.4 Å². The lowest BCUT2D eigenvalue weighted by molar-refractivity contribution is 0.388. The second-order valence-electron chi connectivity index (χ2n) is 6.55. The minimum atomic E-state index is 0.693. The number of benzene rings is 1. The van der Waals surface area contributed by atoms with Crippen molar-refractivity contribution in [2.24, 2.45) is 5.92 Å². The van der Waals surface area contributed by atoms with Gasteiger partial charge >= 0.3 is 0 Å². The van der Waals surface area contributed by atoms with Gasteiger partial charge in [0.15, 0.2) is 0 Å². The van der Waals surface area contributed by atoms with E-state index in [1.165, 1.54) is 22.9 Å². The maximum atomic E-state index is 3.56. The molecule has 1 aromatic heterocycles. The summed E-state index contributed by atoms with van der Waals surface area (Å²) in [5, 5.41) is 4.95. The molecule has 2 rings (SSSR count). The Balaban J connectivity index is 2.10. The van der Waals surface area contributed by atoms with Crippen molar-refractivity contribution in [3.05, 3.63) is 36.0 Å². The van der Waals surface area contributed by atoms with Crippen molar-refractivity contribution in [2.75, 3.05) is 27.2 Å². The van der Waals surface area contributed by atoms with Crippen LogP contribution < -0.4 is 5.32 Å². The largest absolute Gasteiger partial charge is 0.347 e. The third kappa shape index (κ3) is 4.58. The first-order valence-electron chi connectivity index (χ1n) is 8.00. The molecule has 0 fully saturated rings. The summed E-state index contributed by atoms with van der Waals surface area (Å²) in [6.45, 7) is 8.74. The first-order chi connectivity index (χ1) is 10.1. The Bertz CT molecular complexity index is 507. The van der Waals surface area contributed by atoms with Crippen molar-refractivity contribution >= 4 is 10.9 Å². The number of hydrogen-bond donors (Lipinski definition) is 1. The molecule has 1 N–H and O–H groups in total. The third-order valence-corrected chi connectivity index (χ3v) is 3.74. The van der Waals surface area contributed by atoms with Crippen LogP contribution >= 0.6 is 0 Å². The number of nitrogens with zero attached hydrogens (tertiary/aromatic N) is 2. The van der Waals surface area contributed by atoms with Crippen LogP contribution in [0.2, 0.25) is 0 Å². The molecule has 0 bridgehead atoms. The fraction of sp³-hybridized carbons (Fsp3) is 0.556. The van der Waals surface area contributed by atoms with Crippen molar-refractivity contribution in [1.29, 1.82) is 0 Å². The number of aromatic nitrogens is 1. The molecule has 1 aromatic carbocycles. The van der Waals surface area contributed by atoms with E-state index < -0.39 is 0 Å². The van der Waals surface area contributed by atoms with Gasteiger partial charge in [-0.2, -0.15) is 0 Å². The van der Waals surface area contributed by atoms with Gasteiger partial charge in [0.2, 0.25) is 0 Å². The minimum Gasteiger partial charge on any atom is -0.347 e. The molecule has 3 nitrogen and oxygen atoms in total. The van der Waals surface area contributed by atoms with Gasteiger partial charge in [-0.3, -0.25) is 0 Å². The quantitative estimate of drug-likeness (QED) is 0.803. The van der Waals surface area contributed by atoms with Crippen molar-refractivity contribution in [3.8, 4) is 0 Å². The van der Waals surface area contributed by atoms with Crippen LogP contribution in [0, 0.1) is 5.92 Å². The van der Waals surface area contributed by atoms with Crippen molar-refractivity contribution in [1.82, 2.24) is 14.8 Å².